The van der Waals surface area contributed by atoms with Crippen molar-refractivity contribution in [2.75, 3.05) is 5.32 Å². The zero-order chi connectivity index (χ0) is 17.3. The molecule has 8 heteroatoms. The number of carbonyl (C=O) groups is 1. The molecular weight excluding hydrogens is 334 g/mol. The number of aryl methyl sites for hydroxylation is 1. The first kappa shape index (κ1) is 18.4. The number of hydrogen-bond donors (Lipinski definition) is 2. The van der Waals surface area contributed by atoms with E-state index in [1.165, 1.54) is 11.3 Å². The van der Waals surface area contributed by atoms with E-state index in [9.17, 15) is 13.2 Å². The van der Waals surface area contributed by atoms with Gasteiger partial charge in [0.25, 0.3) is 0 Å². The Morgan fingerprint density at radius 1 is 1.26 bits per heavy atom. The molecule has 1 heterocycles. The quantitative estimate of drug-likeness (QED) is 0.865. The van der Waals surface area contributed by atoms with Crippen LogP contribution in [-0.2, 0) is 14.8 Å². The first-order valence-electron chi connectivity index (χ1n) is 7.83. The number of thiazole rings is 1. The average Bonchev–Trinajstić information content (AvgIpc) is 2.83. The molecule has 0 radical (unpaired) electrons. The molecule has 0 bridgehead atoms. The number of sulfonamides is 1. The number of amides is 1. The Balaban J connectivity index is 1.85. The first-order valence-corrected chi connectivity index (χ1v) is 10.2. The van der Waals surface area contributed by atoms with Gasteiger partial charge in [0.15, 0.2) is 5.13 Å². The molecule has 1 saturated carbocycles. The molecule has 2 N–H and O–H groups in total. The third-order valence-corrected chi connectivity index (χ3v) is 7.21. The molecule has 0 aliphatic heterocycles. The van der Waals surface area contributed by atoms with Crippen LogP contribution in [0.25, 0.3) is 0 Å². The van der Waals surface area contributed by atoms with Crippen molar-refractivity contribution >= 4 is 32.4 Å². The number of rotatable bonds is 4. The summed E-state index contributed by atoms with van der Waals surface area (Å²) in [6.45, 7) is 6.94. The molecule has 0 unspecified atom stereocenters. The van der Waals surface area contributed by atoms with Crippen LogP contribution in [0.2, 0.25) is 0 Å². The van der Waals surface area contributed by atoms with E-state index in [1.807, 2.05) is 12.3 Å². The molecule has 1 aromatic rings. The highest BCUT2D eigenvalue weighted by Gasteiger charge is 2.34. The number of aromatic nitrogens is 1. The summed E-state index contributed by atoms with van der Waals surface area (Å²) in [6.07, 6.45) is 2.75. The minimum absolute atomic E-state index is 0.0171. The van der Waals surface area contributed by atoms with Gasteiger partial charge >= 0.3 is 0 Å². The van der Waals surface area contributed by atoms with Crippen molar-refractivity contribution in [3.8, 4) is 0 Å². The fourth-order valence-corrected chi connectivity index (χ4v) is 4.21. The van der Waals surface area contributed by atoms with Crippen LogP contribution < -0.4 is 10.0 Å². The minimum Gasteiger partial charge on any atom is -0.302 e. The van der Waals surface area contributed by atoms with Gasteiger partial charge in [-0.15, -0.1) is 11.3 Å². The molecule has 0 saturated heterocycles. The van der Waals surface area contributed by atoms with Crippen molar-refractivity contribution in [3.05, 3.63) is 11.1 Å². The number of nitrogens with zero attached hydrogens (tertiary/aromatic N) is 1. The van der Waals surface area contributed by atoms with Gasteiger partial charge < -0.3 is 5.32 Å². The van der Waals surface area contributed by atoms with Crippen molar-refractivity contribution < 1.29 is 13.2 Å². The molecule has 1 aromatic heterocycles. The summed E-state index contributed by atoms with van der Waals surface area (Å²) in [5, 5.41) is 5.37. The van der Waals surface area contributed by atoms with Crippen LogP contribution in [0.5, 0.6) is 0 Å². The lowest BCUT2D eigenvalue weighted by Crippen LogP contribution is -2.46. The Kier molecular flexibility index (Phi) is 5.48. The Bertz CT molecular complexity index is 654. The highest BCUT2D eigenvalue weighted by atomic mass is 32.2. The SMILES string of the molecule is Cc1csc(NC(=O)[C@H]2CC[C@H](NS(=O)(=O)C(C)(C)C)CC2)n1. The van der Waals surface area contributed by atoms with E-state index in [0.29, 0.717) is 30.8 Å². The van der Waals surface area contributed by atoms with E-state index < -0.39 is 14.8 Å². The molecule has 1 aliphatic carbocycles. The van der Waals surface area contributed by atoms with Crippen molar-refractivity contribution in [2.45, 2.75) is 64.2 Å². The monoisotopic (exact) mass is 359 g/mol. The normalized spacial score (nSPS) is 22.8. The van der Waals surface area contributed by atoms with Gasteiger partial charge in [0.2, 0.25) is 15.9 Å². The molecule has 0 spiro atoms. The van der Waals surface area contributed by atoms with Crippen LogP contribution in [0.3, 0.4) is 0 Å². The second kappa shape index (κ2) is 6.86. The van der Waals surface area contributed by atoms with Gasteiger partial charge in [0.1, 0.15) is 0 Å². The van der Waals surface area contributed by atoms with Gasteiger partial charge in [0.05, 0.1) is 10.4 Å². The fraction of sp³-hybridized carbons (Fsp3) is 0.733. The van der Waals surface area contributed by atoms with E-state index in [2.05, 4.69) is 15.0 Å². The predicted octanol–water partition coefficient (Wildman–Crippen LogP) is 2.67. The summed E-state index contributed by atoms with van der Waals surface area (Å²) in [7, 11) is -3.34. The summed E-state index contributed by atoms with van der Waals surface area (Å²) in [6, 6.07) is -0.0783. The lowest BCUT2D eigenvalue weighted by Gasteiger charge is -2.30. The Hall–Kier alpha value is -0.990. The van der Waals surface area contributed by atoms with E-state index in [0.717, 1.165) is 5.69 Å². The van der Waals surface area contributed by atoms with Crippen molar-refractivity contribution in [1.82, 2.24) is 9.71 Å². The second-order valence-corrected chi connectivity index (χ2v) is 10.4. The van der Waals surface area contributed by atoms with Gasteiger partial charge in [0, 0.05) is 17.3 Å². The van der Waals surface area contributed by atoms with Crippen LogP contribution in [0, 0.1) is 12.8 Å². The molecule has 23 heavy (non-hydrogen) atoms. The zero-order valence-corrected chi connectivity index (χ0v) is 15.7. The number of carbonyl (C=O) groups excluding carboxylic acids is 1. The summed E-state index contributed by atoms with van der Waals surface area (Å²) in [5.41, 5.74) is 0.894. The fourth-order valence-electron chi connectivity index (χ4n) is 2.49. The van der Waals surface area contributed by atoms with Gasteiger partial charge in [-0.1, -0.05) is 0 Å². The molecule has 130 valence electrons. The van der Waals surface area contributed by atoms with E-state index in [-0.39, 0.29) is 17.9 Å². The second-order valence-electron chi connectivity index (χ2n) is 7.07. The maximum Gasteiger partial charge on any atom is 0.229 e. The van der Waals surface area contributed by atoms with Gasteiger partial charge in [-0.3, -0.25) is 4.79 Å². The summed E-state index contributed by atoms with van der Waals surface area (Å²) >= 11 is 1.42. The predicted molar refractivity (Wildman–Crippen MR) is 93.0 cm³/mol. The molecule has 6 nitrogen and oxygen atoms in total. The molecule has 0 aromatic carbocycles. The lowest BCUT2D eigenvalue weighted by molar-refractivity contribution is -0.120. The van der Waals surface area contributed by atoms with Gasteiger partial charge in [-0.2, -0.15) is 0 Å². The number of hydrogen-bond acceptors (Lipinski definition) is 5. The zero-order valence-electron chi connectivity index (χ0n) is 14.0. The maximum atomic E-state index is 12.2. The van der Waals surface area contributed by atoms with Crippen molar-refractivity contribution in [1.29, 1.82) is 0 Å². The third-order valence-electron chi connectivity index (χ3n) is 4.08. The molecule has 1 amide bonds. The Morgan fingerprint density at radius 2 is 1.87 bits per heavy atom. The third kappa shape index (κ3) is 4.74. The van der Waals surface area contributed by atoms with Crippen LogP contribution in [0.1, 0.15) is 52.1 Å². The Labute approximate surface area is 142 Å². The first-order chi connectivity index (χ1) is 10.6. The molecule has 1 fully saturated rings. The van der Waals surface area contributed by atoms with Crippen LogP contribution in [-0.4, -0.2) is 30.1 Å². The number of anilines is 1. The summed E-state index contributed by atoms with van der Waals surface area (Å²) in [4.78, 5) is 16.5. The van der Waals surface area contributed by atoms with Crippen molar-refractivity contribution in [3.63, 3.8) is 0 Å². The van der Waals surface area contributed by atoms with Crippen molar-refractivity contribution in [2.24, 2.45) is 5.92 Å². The smallest absolute Gasteiger partial charge is 0.229 e. The van der Waals surface area contributed by atoms with Crippen LogP contribution >= 0.6 is 11.3 Å². The standard InChI is InChI=1S/C15H25N3O3S2/c1-10-9-22-14(16-10)17-13(19)11-5-7-12(8-6-11)18-23(20,21)15(2,3)4/h9,11-12,18H,5-8H2,1-4H3,(H,16,17,19)/t11-,12-. The molecular formula is C15H25N3O3S2. The van der Waals surface area contributed by atoms with Crippen LogP contribution in [0.15, 0.2) is 5.38 Å². The molecule has 0 atom stereocenters. The topological polar surface area (TPSA) is 88.2 Å². The minimum atomic E-state index is -3.34. The largest absolute Gasteiger partial charge is 0.302 e. The number of nitrogens with one attached hydrogen (secondary N) is 2. The van der Waals surface area contributed by atoms with Gasteiger partial charge in [-0.25, -0.2) is 18.1 Å². The van der Waals surface area contributed by atoms with Gasteiger partial charge in [-0.05, 0) is 53.4 Å². The molecule has 1 aliphatic rings. The summed E-state index contributed by atoms with van der Waals surface area (Å²) < 4.78 is 26.3. The van der Waals surface area contributed by atoms with E-state index in [1.54, 1.807) is 20.8 Å². The maximum absolute atomic E-state index is 12.2. The highest BCUT2D eigenvalue weighted by molar-refractivity contribution is 7.90. The van der Waals surface area contributed by atoms with E-state index >= 15 is 0 Å². The van der Waals surface area contributed by atoms with E-state index in [4.69, 9.17) is 0 Å². The molecule has 2 rings (SSSR count). The highest BCUT2D eigenvalue weighted by Crippen LogP contribution is 2.27. The average molecular weight is 360 g/mol. The summed E-state index contributed by atoms with van der Waals surface area (Å²) in [5.74, 6) is -0.0916. The van der Waals surface area contributed by atoms with Crippen LogP contribution in [0.4, 0.5) is 5.13 Å². The lowest BCUT2D eigenvalue weighted by atomic mass is 9.86. The Morgan fingerprint density at radius 3 is 2.35 bits per heavy atom.